The summed E-state index contributed by atoms with van der Waals surface area (Å²) in [5.41, 5.74) is 2.53. The molecule has 0 radical (unpaired) electrons. The van der Waals surface area contributed by atoms with Gasteiger partial charge in [0, 0.05) is 17.3 Å². The molecule has 0 atom stereocenters. The summed E-state index contributed by atoms with van der Waals surface area (Å²) in [6.45, 7) is 6.49. The lowest BCUT2D eigenvalue weighted by atomic mass is 10.1. The molecular formula is C10H17N3. The van der Waals surface area contributed by atoms with Crippen LogP contribution < -0.4 is 5.32 Å². The summed E-state index contributed by atoms with van der Waals surface area (Å²) in [6, 6.07) is 0.682. The second kappa shape index (κ2) is 3.05. The molecule has 2 rings (SSSR count). The van der Waals surface area contributed by atoms with E-state index in [1.165, 1.54) is 24.1 Å². The van der Waals surface area contributed by atoms with Gasteiger partial charge in [-0.05, 0) is 25.7 Å². The van der Waals surface area contributed by atoms with Crippen molar-refractivity contribution in [3.63, 3.8) is 0 Å². The van der Waals surface area contributed by atoms with Crippen molar-refractivity contribution >= 4 is 5.82 Å². The molecule has 0 unspecified atom stereocenters. The van der Waals surface area contributed by atoms with E-state index in [9.17, 15) is 0 Å². The number of H-pyrrole nitrogens is 1. The van der Waals surface area contributed by atoms with E-state index in [1.54, 1.807) is 0 Å². The molecule has 1 saturated carbocycles. The van der Waals surface area contributed by atoms with Crippen LogP contribution in [-0.4, -0.2) is 16.2 Å². The summed E-state index contributed by atoms with van der Waals surface area (Å²) in [7, 11) is 0. The zero-order valence-corrected chi connectivity index (χ0v) is 8.52. The predicted molar refractivity (Wildman–Crippen MR) is 54.1 cm³/mol. The number of aromatic amines is 1. The number of aromatic nitrogens is 2. The molecular weight excluding hydrogens is 162 g/mol. The van der Waals surface area contributed by atoms with Crippen LogP contribution in [0.1, 0.15) is 43.9 Å². The molecule has 0 saturated heterocycles. The van der Waals surface area contributed by atoms with E-state index in [0.29, 0.717) is 12.0 Å². The van der Waals surface area contributed by atoms with Crippen molar-refractivity contribution < 1.29 is 0 Å². The highest BCUT2D eigenvalue weighted by molar-refractivity contribution is 5.47. The maximum absolute atomic E-state index is 4.28. The zero-order chi connectivity index (χ0) is 9.42. The molecule has 0 aliphatic heterocycles. The number of anilines is 1. The second-order valence-corrected chi connectivity index (χ2v) is 4.18. The van der Waals surface area contributed by atoms with Crippen molar-refractivity contribution in [2.75, 3.05) is 5.32 Å². The van der Waals surface area contributed by atoms with E-state index in [-0.39, 0.29) is 0 Å². The summed E-state index contributed by atoms with van der Waals surface area (Å²) < 4.78 is 0. The molecule has 1 aromatic rings. The Morgan fingerprint density at radius 1 is 1.46 bits per heavy atom. The Bertz CT molecular complexity index is 297. The number of nitrogens with zero attached hydrogens (tertiary/aromatic N) is 1. The molecule has 3 nitrogen and oxygen atoms in total. The Morgan fingerprint density at radius 2 is 2.15 bits per heavy atom. The Labute approximate surface area is 78.9 Å². The smallest absolute Gasteiger partial charge is 0.151 e. The molecule has 0 spiro atoms. The van der Waals surface area contributed by atoms with E-state index in [0.717, 1.165) is 5.82 Å². The molecule has 1 aromatic heterocycles. The van der Waals surface area contributed by atoms with Crippen LogP contribution in [0.2, 0.25) is 0 Å². The van der Waals surface area contributed by atoms with Crippen LogP contribution in [0.5, 0.6) is 0 Å². The third-order valence-corrected chi connectivity index (χ3v) is 2.54. The largest absolute Gasteiger partial charge is 0.366 e. The van der Waals surface area contributed by atoms with Gasteiger partial charge in [0.2, 0.25) is 0 Å². The molecule has 1 heterocycles. The lowest BCUT2D eigenvalue weighted by Crippen LogP contribution is -2.02. The molecule has 0 bridgehead atoms. The van der Waals surface area contributed by atoms with Crippen molar-refractivity contribution in [3.8, 4) is 0 Å². The fourth-order valence-electron chi connectivity index (χ4n) is 1.54. The average Bonchev–Trinajstić information content (AvgIpc) is 2.78. The van der Waals surface area contributed by atoms with Gasteiger partial charge in [-0.15, -0.1) is 0 Å². The standard InChI is InChI=1S/C10H17N3/c1-6(2)9-7(3)10(13-12-9)11-8-4-5-8/h6,8H,4-5H2,1-3H3,(H2,11,12,13). The van der Waals surface area contributed by atoms with Crippen molar-refractivity contribution in [2.24, 2.45) is 0 Å². The quantitative estimate of drug-likeness (QED) is 0.748. The number of rotatable bonds is 3. The minimum Gasteiger partial charge on any atom is -0.366 e. The molecule has 1 aliphatic rings. The van der Waals surface area contributed by atoms with Crippen LogP contribution in [0.3, 0.4) is 0 Å². The Balaban J connectivity index is 2.16. The van der Waals surface area contributed by atoms with Gasteiger partial charge in [-0.2, -0.15) is 5.10 Å². The first-order valence-electron chi connectivity index (χ1n) is 5.00. The molecule has 72 valence electrons. The SMILES string of the molecule is Cc1c(NC2CC2)n[nH]c1C(C)C. The predicted octanol–water partition coefficient (Wildman–Crippen LogP) is 2.42. The second-order valence-electron chi connectivity index (χ2n) is 4.18. The molecule has 13 heavy (non-hydrogen) atoms. The van der Waals surface area contributed by atoms with E-state index in [2.05, 4.69) is 36.3 Å². The van der Waals surface area contributed by atoms with Gasteiger partial charge in [0.1, 0.15) is 0 Å². The van der Waals surface area contributed by atoms with Gasteiger partial charge < -0.3 is 5.32 Å². The number of nitrogens with one attached hydrogen (secondary N) is 2. The van der Waals surface area contributed by atoms with Crippen LogP contribution in [0.15, 0.2) is 0 Å². The van der Waals surface area contributed by atoms with Crippen LogP contribution in [0, 0.1) is 6.92 Å². The lowest BCUT2D eigenvalue weighted by Gasteiger charge is -2.03. The summed E-state index contributed by atoms with van der Waals surface area (Å²) in [4.78, 5) is 0. The fraction of sp³-hybridized carbons (Fsp3) is 0.700. The highest BCUT2D eigenvalue weighted by Crippen LogP contribution is 2.28. The van der Waals surface area contributed by atoms with E-state index in [1.807, 2.05) is 0 Å². The topological polar surface area (TPSA) is 40.7 Å². The number of hydrogen-bond donors (Lipinski definition) is 2. The van der Waals surface area contributed by atoms with Gasteiger partial charge in [0.15, 0.2) is 5.82 Å². The summed E-state index contributed by atoms with van der Waals surface area (Å²) >= 11 is 0. The lowest BCUT2D eigenvalue weighted by molar-refractivity contribution is 0.804. The summed E-state index contributed by atoms with van der Waals surface area (Å²) in [5, 5.41) is 10.8. The van der Waals surface area contributed by atoms with Gasteiger partial charge >= 0.3 is 0 Å². The third-order valence-electron chi connectivity index (χ3n) is 2.54. The van der Waals surface area contributed by atoms with Gasteiger partial charge in [0.05, 0.1) is 0 Å². The molecule has 3 heteroatoms. The van der Waals surface area contributed by atoms with Crippen molar-refractivity contribution in [1.29, 1.82) is 0 Å². The van der Waals surface area contributed by atoms with Crippen molar-refractivity contribution in [3.05, 3.63) is 11.3 Å². The Hall–Kier alpha value is -0.990. The first-order chi connectivity index (χ1) is 6.18. The third kappa shape index (κ3) is 1.69. The van der Waals surface area contributed by atoms with Crippen LogP contribution >= 0.6 is 0 Å². The molecule has 1 fully saturated rings. The molecule has 0 amide bonds. The Morgan fingerprint density at radius 3 is 2.62 bits per heavy atom. The maximum Gasteiger partial charge on any atom is 0.151 e. The van der Waals surface area contributed by atoms with E-state index < -0.39 is 0 Å². The zero-order valence-electron chi connectivity index (χ0n) is 8.52. The monoisotopic (exact) mass is 179 g/mol. The minimum atomic E-state index is 0.530. The molecule has 0 aromatic carbocycles. The minimum absolute atomic E-state index is 0.530. The highest BCUT2D eigenvalue weighted by atomic mass is 15.2. The molecule has 1 aliphatic carbocycles. The summed E-state index contributed by atoms with van der Waals surface area (Å²) in [6.07, 6.45) is 2.59. The average molecular weight is 179 g/mol. The number of hydrogen-bond acceptors (Lipinski definition) is 2. The highest BCUT2D eigenvalue weighted by Gasteiger charge is 2.23. The van der Waals surface area contributed by atoms with Crippen LogP contribution in [-0.2, 0) is 0 Å². The molecule has 2 N–H and O–H groups in total. The van der Waals surface area contributed by atoms with E-state index in [4.69, 9.17) is 0 Å². The van der Waals surface area contributed by atoms with Gasteiger partial charge in [-0.1, -0.05) is 13.8 Å². The normalized spacial score (nSPS) is 16.6. The Kier molecular flexibility index (Phi) is 2.02. The summed E-state index contributed by atoms with van der Waals surface area (Å²) in [5.74, 6) is 1.58. The van der Waals surface area contributed by atoms with E-state index >= 15 is 0 Å². The first-order valence-corrected chi connectivity index (χ1v) is 5.00. The fourth-order valence-corrected chi connectivity index (χ4v) is 1.54. The van der Waals surface area contributed by atoms with Crippen molar-refractivity contribution in [2.45, 2.75) is 45.6 Å². The maximum atomic E-state index is 4.28. The van der Waals surface area contributed by atoms with Gasteiger partial charge in [0.25, 0.3) is 0 Å². The first kappa shape index (κ1) is 8.60. The van der Waals surface area contributed by atoms with Gasteiger partial charge in [-0.25, -0.2) is 0 Å². The van der Waals surface area contributed by atoms with Crippen LogP contribution in [0.4, 0.5) is 5.82 Å². The van der Waals surface area contributed by atoms with Gasteiger partial charge in [-0.3, -0.25) is 5.10 Å². The van der Waals surface area contributed by atoms with Crippen molar-refractivity contribution in [1.82, 2.24) is 10.2 Å². The van der Waals surface area contributed by atoms with Crippen LogP contribution in [0.25, 0.3) is 0 Å².